The Bertz CT molecular complexity index is 538. The zero-order valence-corrected chi connectivity index (χ0v) is 10.1. The van der Waals surface area contributed by atoms with Crippen LogP contribution >= 0.6 is 0 Å². The topological polar surface area (TPSA) is 70.9 Å². The average Bonchev–Trinajstić information content (AvgIpc) is 3.13. The minimum Gasteiger partial charge on any atom is -0.351 e. The summed E-state index contributed by atoms with van der Waals surface area (Å²) in [5.41, 5.74) is 7.28. The summed E-state index contributed by atoms with van der Waals surface area (Å²) in [6.45, 7) is 0.511. The van der Waals surface area contributed by atoms with Gasteiger partial charge in [-0.1, -0.05) is 18.2 Å². The van der Waals surface area contributed by atoms with Gasteiger partial charge in [-0.25, -0.2) is 0 Å². The van der Waals surface area contributed by atoms with Crippen molar-refractivity contribution < 1.29 is 4.79 Å². The molecule has 0 saturated heterocycles. The SMILES string of the molecule is NCC(NC(=O)c1cc2ccccc2[nH]1)C1CC1. The second-order valence-electron chi connectivity index (χ2n) is 4.92. The first-order chi connectivity index (χ1) is 8.78. The number of para-hydroxylation sites is 1. The molecule has 3 rings (SSSR count). The fraction of sp³-hybridized carbons (Fsp3) is 0.357. The zero-order valence-electron chi connectivity index (χ0n) is 10.1. The number of hydrogen-bond donors (Lipinski definition) is 3. The minimum absolute atomic E-state index is 0.0615. The van der Waals surface area contributed by atoms with Crippen LogP contribution in [0.15, 0.2) is 30.3 Å². The van der Waals surface area contributed by atoms with Gasteiger partial charge in [-0.15, -0.1) is 0 Å². The molecule has 1 amide bonds. The molecule has 4 nitrogen and oxygen atoms in total. The molecule has 0 bridgehead atoms. The van der Waals surface area contributed by atoms with E-state index in [9.17, 15) is 4.79 Å². The summed E-state index contributed by atoms with van der Waals surface area (Å²) in [4.78, 5) is 15.2. The highest BCUT2D eigenvalue weighted by Gasteiger charge is 2.31. The highest BCUT2D eigenvalue weighted by molar-refractivity contribution is 5.98. The lowest BCUT2D eigenvalue weighted by atomic mass is 10.2. The predicted molar refractivity (Wildman–Crippen MR) is 71.3 cm³/mol. The number of aromatic nitrogens is 1. The summed E-state index contributed by atoms with van der Waals surface area (Å²) in [5.74, 6) is 0.511. The number of hydrogen-bond acceptors (Lipinski definition) is 2. The maximum Gasteiger partial charge on any atom is 0.267 e. The van der Waals surface area contributed by atoms with E-state index in [0.29, 0.717) is 18.2 Å². The maximum atomic E-state index is 12.1. The van der Waals surface area contributed by atoms with Crippen LogP contribution in [0.3, 0.4) is 0 Å². The van der Waals surface area contributed by atoms with Gasteiger partial charge in [0.1, 0.15) is 5.69 Å². The van der Waals surface area contributed by atoms with Gasteiger partial charge in [0.25, 0.3) is 5.91 Å². The van der Waals surface area contributed by atoms with Crippen LogP contribution in [-0.2, 0) is 0 Å². The molecule has 0 spiro atoms. The number of nitrogens with one attached hydrogen (secondary N) is 2. The monoisotopic (exact) mass is 243 g/mol. The Morgan fingerprint density at radius 3 is 2.89 bits per heavy atom. The van der Waals surface area contributed by atoms with Gasteiger partial charge in [0.05, 0.1) is 0 Å². The fourth-order valence-corrected chi connectivity index (χ4v) is 2.31. The van der Waals surface area contributed by atoms with Crippen molar-refractivity contribution in [2.75, 3.05) is 6.54 Å². The van der Waals surface area contributed by atoms with Crippen LogP contribution in [0.4, 0.5) is 0 Å². The van der Waals surface area contributed by atoms with Crippen LogP contribution in [0.5, 0.6) is 0 Å². The Morgan fingerprint density at radius 1 is 1.44 bits per heavy atom. The summed E-state index contributed by atoms with van der Waals surface area (Å²) in [6.07, 6.45) is 2.35. The number of benzene rings is 1. The van der Waals surface area contributed by atoms with E-state index in [1.807, 2.05) is 30.3 Å². The quantitative estimate of drug-likeness (QED) is 0.764. The van der Waals surface area contributed by atoms with E-state index < -0.39 is 0 Å². The Balaban J connectivity index is 1.78. The Labute approximate surface area is 106 Å². The van der Waals surface area contributed by atoms with Crippen molar-refractivity contribution in [2.24, 2.45) is 11.7 Å². The molecule has 1 fully saturated rings. The summed E-state index contributed by atoms with van der Waals surface area (Å²) in [7, 11) is 0. The number of aromatic amines is 1. The molecule has 4 N–H and O–H groups in total. The molecule has 1 aliphatic rings. The summed E-state index contributed by atoms with van der Waals surface area (Å²) in [5, 5.41) is 4.06. The molecule has 0 radical (unpaired) electrons. The minimum atomic E-state index is -0.0615. The third-order valence-corrected chi connectivity index (χ3v) is 3.54. The van der Waals surface area contributed by atoms with Crippen molar-refractivity contribution in [3.63, 3.8) is 0 Å². The van der Waals surface area contributed by atoms with Crippen LogP contribution in [0, 0.1) is 5.92 Å². The third-order valence-electron chi connectivity index (χ3n) is 3.54. The molecule has 1 aliphatic carbocycles. The summed E-state index contributed by atoms with van der Waals surface area (Å²) >= 11 is 0. The lowest BCUT2D eigenvalue weighted by Gasteiger charge is -2.15. The van der Waals surface area contributed by atoms with Gasteiger partial charge in [-0.05, 0) is 30.9 Å². The third kappa shape index (κ3) is 2.11. The molecule has 0 aliphatic heterocycles. The van der Waals surface area contributed by atoms with Crippen molar-refractivity contribution in [3.8, 4) is 0 Å². The molecule has 1 aromatic carbocycles. The maximum absolute atomic E-state index is 12.1. The van der Waals surface area contributed by atoms with Gasteiger partial charge in [-0.3, -0.25) is 4.79 Å². The number of amides is 1. The van der Waals surface area contributed by atoms with E-state index in [2.05, 4.69) is 10.3 Å². The Kier molecular flexibility index (Phi) is 2.80. The van der Waals surface area contributed by atoms with Crippen LogP contribution in [0.2, 0.25) is 0 Å². The van der Waals surface area contributed by atoms with E-state index in [-0.39, 0.29) is 11.9 Å². The van der Waals surface area contributed by atoms with Crippen LogP contribution in [0.25, 0.3) is 10.9 Å². The first-order valence-electron chi connectivity index (χ1n) is 6.36. The normalized spacial score (nSPS) is 16.7. The molecule has 2 aromatic rings. The second-order valence-corrected chi connectivity index (χ2v) is 4.92. The highest BCUT2D eigenvalue weighted by atomic mass is 16.1. The van der Waals surface area contributed by atoms with Gasteiger partial charge in [0.15, 0.2) is 0 Å². The number of carbonyl (C=O) groups is 1. The Hall–Kier alpha value is -1.81. The zero-order chi connectivity index (χ0) is 12.5. The number of fused-ring (bicyclic) bond motifs is 1. The van der Waals surface area contributed by atoms with Gasteiger partial charge in [0.2, 0.25) is 0 Å². The number of rotatable bonds is 4. The predicted octanol–water partition coefficient (Wildman–Crippen LogP) is 1.64. The summed E-state index contributed by atoms with van der Waals surface area (Å²) in [6, 6.07) is 9.87. The van der Waals surface area contributed by atoms with E-state index in [1.165, 1.54) is 12.8 Å². The van der Waals surface area contributed by atoms with Crippen molar-refractivity contribution in [1.29, 1.82) is 0 Å². The molecular formula is C14H17N3O. The second kappa shape index (κ2) is 4.46. The van der Waals surface area contributed by atoms with E-state index in [4.69, 9.17) is 5.73 Å². The van der Waals surface area contributed by atoms with Crippen LogP contribution < -0.4 is 11.1 Å². The molecule has 1 atom stereocenters. The largest absolute Gasteiger partial charge is 0.351 e. The molecular weight excluding hydrogens is 226 g/mol. The van der Waals surface area contributed by atoms with Gasteiger partial charge in [-0.2, -0.15) is 0 Å². The molecule has 18 heavy (non-hydrogen) atoms. The fourth-order valence-electron chi connectivity index (χ4n) is 2.31. The van der Waals surface area contributed by atoms with E-state index in [1.54, 1.807) is 0 Å². The van der Waals surface area contributed by atoms with Crippen LogP contribution in [0.1, 0.15) is 23.3 Å². The molecule has 1 heterocycles. The standard InChI is InChI=1S/C14H17N3O/c15-8-13(9-5-6-9)17-14(18)12-7-10-3-1-2-4-11(10)16-12/h1-4,7,9,13,16H,5-6,8,15H2,(H,17,18). The number of carbonyl (C=O) groups excluding carboxylic acids is 1. The smallest absolute Gasteiger partial charge is 0.267 e. The van der Waals surface area contributed by atoms with E-state index in [0.717, 1.165) is 10.9 Å². The van der Waals surface area contributed by atoms with Crippen LogP contribution in [-0.4, -0.2) is 23.5 Å². The average molecular weight is 243 g/mol. The molecule has 1 unspecified atom stereocenters. The highest BCUT2D eigenvalue weighted by Crippen LogP contribution is 2.32. The summed E-state index contributed by atoms with van der Waals surface area (Å²) < 4.78 is 0. The van der Waals surface area contributed by atoms with Gasteiger partial charge >= 0.3 is 0 Å². The molecule has 1 saturated carbocycles. The lowest BCUT2D eigenvalue weighted by Crippen LogP contribution is -2.41. The first-order valence-corrected chi connectivity index (χ1v) is 6.36. The van der Waals surface area contributed by atoms with Crippen molar-refractivity contribution in [2.45, 2.75) is 18.9 Å². The van der Waals surface area contributed by atoms with Gasteiger partial charge < -0.3 is 16.0 Å². The lowest BCUT2D eigenvalue weighted by molar-refractivity contribution is 0.0929. The van der Waals surface area contributed by atoms with Crippen molar-refractivity contribution in [1.82, 2.24) is 10.3 Å². The number of H-pyrrole nitrogens is 1. The molecule has 94 valence electrons. The first kappa shape index (κ1) is 11.3. The number of nitrogens with two attached hydrogens (primary N) is 1. The van der Waals surface area contributed by atoms with Gasteiger partial charge in [0, 0.05) is 23.5 Å². The molecule has 1 aromatic heterocycles. The van der Waals surface area contributed by atoms with Crippen molar-refractivity contribution in [3.05, 3.63) is 36.0 Å². The molecule has 4 heteroatoms. The Morgan fingerprint density at radius 2 is 2.22 bits per heavy atom. The van der Waals surface area contributed by atoms with Crippen molar-refractivity contribution >= 4 is 16.8 Å². The van der Waals surface area contributed by atoms with E-state index >= 15 is 0 Å².